The predicted molar refractivity (Wildman–Crippen MR) is 64.9 cm³/mol. The van der Waals surface area contributed by atoms with E-state index in [9.17, 15) is 12.8 Å². The van der Waals surface area contributed by atoms with Crippen LogP contribution in [0.15, 0.2) is 12.4 Å². The predicted octanol–water partition coefficient (Wildman–Crippen LogP) is 0.119. The summed E-state index contributed by atoms with van der Waals surface area (Å²) in [6, 6.07) is 0. The summed E-state index contributed by atoms with van der Waals surface area (Å²) in [6.07, 6.45) is 2.65. The van der Waals surface area contributed by atoms with Crippen LogP contribution in [0.25, 0.3) is 0 Å². The van der Waals surface area contributed by atoms with Gasteiger partial charge in [-0.1, -0.05) is 6.92 Å². The minimum atomic E-state index is -3.58. The molecule has 0 aliphatic carbocycles. The number of nitrogens with two attached hydrogens (primary N) is 1. The van der Waals surface area contributed by atoms with Crippen LogP contribution in [0, 0.1) is 11.7 Å². The van der Waals surface area contributed by atoms with E-state index in [1.54, 1.807) is 4.90 Å². The highest BCUT2D eigenvalue weighted by Crippen LogP contribution is 2.23. The summed E-state index contributed by atoms with van der Waals surface area (Å²) in [7, 11) is -3.58. The van der Waals surface area contributed by atoms with E-state index < -0.39 is 21.1 Å². The zero-order valence-electron chi connectivity index (χ0n) is 9.95. The first-order valence-corrected chi connectivity index (χ1v) is 7.21. The Morgan fingerprint density at radius 1 is 1.39 bits per heavy atom. The molecule has 2 N–H and O–H groups in total. The van der Waals surface area contributed by atoms with Crippen molar-refractivity contribution >= 4 is 16.0 Å². The molecule has 0 radical (unpaired) electrons. The number of hydrogen-bond acceptors (Lipinski definition) is 5. The quantitative estimate of drug-likeness (QED) is 0.827. The van der Waals surface area contributed by atoms with Gasteiger partial charge in [0.25, 0.3) is 0 Å². The molecule has 1 aliphatic rings. The third-order valence-electron chi connectivity index (χ3n) is 2.98. The number of halogens is 1. The van der Waals surface area contributed by atoms with Gasteiger partial charge in [0.15, 0.2) is 5.82 Å². The van der Waals surface area contributed by atoms with Gasteiger partial charge in [0.2, 0.25) is 16.0 Å². The Morgan fingerprint density at radius 3 is 2.56 bits per heavy atom. The lowest BCUT2D eigenvalue weighted by Gasteiger charge is -2.35. The Bertz CT molecular complexity index is 519. The summed E-state index contributed by atoms with van der Waals surface area (Å²) >= 11 is 0. The zero-order valence-corrected chi connectivity index (χ0v) is 10.8. The van der Waals surface area contributed by atoms with Crippen molar-refractivity contribution in [2.24, 2.45) is 11.1 Å². The van der Waals surface area contributed by atoms with Gasteiger partial charge in [-0.15, -0.1) is 0 Å². The molecule has 6 nitrogen and oxygen atoms in total. The minimum absolute atomic E-state index is 0.163. The van der Waals surface area contributed by atoms with Crippen LogP contribution in [0.1, 0.15) is 13.3 Å². The van der Waals surface area contributed by atoms with Gasteiger partial charge in [0.1, 0.15) is 0 Å². The van der Waals surface area contributed by atoms with Gasteiger partial charge >= 0.3 is 0 Å². The van der Waals surface area contributed by atoms with Gasteiger partial charge < -0.3 is 4.90 Å². The molecule has 0 spiro atoms. The molecular formula is C10H15FN4O2S. The number of nitrogens with zero attached hydrogens (tertiary/aromatic N) is 3. The van der Waals surface area contributed by atoms with Crippen molar-refractivity contribution in [1.82, 2.24) is 9.97 Å². The molecule has 1 aliphatic heterocycles. The van der Waals surface area contributed by atoms with Crippen LogP contribution in [-0.2, 0) is 10.0 Å². The smallest absolute Gasteiger partial charge is 0.225 e. The number of hydrogen-bond donors (Lipinski definition) is 1. The third kappa shape index (κ3) is 2.94. The largest absolute Gasteiger partial charge is 0.339 e. The standard InChI is InChI=1S/C10H15FN4O2S/c1-7-2-9(18(12,16)17)6-15(5-7)10-13-3-8(11)4-14-10/h3-4,7,9H,2,5-6H2,1H3,(H2,12,16,17)/t7-,9+/m0/s1. The van der Waals surface area contributed by atoms with Crippen LogP contribution < -0.4 is 10.0 Å². The Kier molecular flexibility index (Phi) is 3.49. The van der Waals surface area contributed by atoms with Crippen molar-refractivity contribution in [3.8, 4) is 0 Å². The topological polar surface area (TPSA) is 89.2 Å². The van der Waals surface area contributed by atoms with Gasteiger partial charge in [-0.3, -0.25) is 0 Å². The Morgan fingerprint density at radius 2 is 2.00 bits per heavy atom. The van der Waals surface area contributed by atoms with Crippen LogP contribution in [-0.4, -0.2) is 36.7 Å². The lowest BCUT2D eigenvalue weighted by molar-refractivity contribution is 0.434. The maximum absolute atomic E-state index is 12.7. The first kappa shape index (κ1) is 13.2. The Labute approximate surface area is 105 Å². The molecule has 0 aromatic carbocycles. The molecule has 0 unspecified atom stereocenters. The highest BCUT2D eigenvalue weighted by Gasteiger charge is 2.32. The maximum Gasteiger partial charge on any atom is 0.225 e. The highest BCUT2D eigenvalue weighted by molar-refractivity contribution is 7.89. The van der Waals surface area contributed by atoms with Crippen molar-refractivity contribution in [2.75, 3.05) is 18.0 Å². The van der Waals surface area contributed by atoms with E-state index in [1.807, 2.05) is 6.92 Å². The first-order chi connectivity index (χ1) is 8.36. The van der Waals surface area contributed by atoms with E-state index in [0.29, 0.717) is 18.9 Å². The molecule has 1 aromatic rings. The average molecular weight is 274 g/mol. The van der Waals surface area contributed by atoms with Crippen molar-refractivity contribution in [1.29, 1.82) is 0 Å². The van der Waals surface area contributed by atoms with Crippen molar-refractivity contribution in [3.05, 3.63) is 18.2 Å². The van der Waals surface area contributed by atoms with Gasteiger partial charge in [-0.05, 0) is 12.3 Å². The van der Waals surface area contributed by atoms with Crippen molar-refractivity contribution < 1.29 is 12.8 Å². The van der Waals surface area contributed by atoms with E-state index in [-0.39, 0.29) is 12.5 Å². The molecule has 18 heavy (non-hydrogen) atoms. The number of sulfonamides is 1. The number of primary sulfonamides is 1. The second-order valence-corrected chi connectivity index (χ2v) is 6.50. The number of aromatic nitrogens is 2. The highest BCUT2D eigenvalue weighted by atomic mass is 32.2. The summed E-state index contributed by atoms with van der Waals surface area (Å²) in [5.41, 5.74) is 0. The lowest BCUT2D eigenvalue weighted by atomic mass is 10.0. The summed E-state index contributed by atoms with van der Waals surface area (Å²) in [5, 5.41) is 4.55. The van der Waals surface area contributed by atoms with Crippen LogP contribution in [0.2, 0.25) is 0 Å². The SMILES string of the molecule is C[C@H]1C[C@@H](S(N)(=O)=O)CN(c2ncc(F)cn2)C1. The molecule has 8 heteroatoms. The Balaban J connectivity index is 2.21. The lowest BCUT2D eigenvalue weighted by Crippen LogP contribution is -2.48. The maximum atomic E-state index is 12.7. The molecular weight excluding hydrogens is 259 g/mol. The monoisotopic (exact) mass is 274 g/mol. The number of anilines is 1. The van der Waals surface area contributed by atoms with Crippen LogP contribution in [0.4, 0.5) is 10.3 Å². The van der Waals surface area contributed by atoms with Gasteiger partial charge in [-0.25, -0.2) is 27.9 Å². The number of rotatable bonds is 2. The van der Waals surface area contributed by atoms with Crippen LogP contribution >= 0.6 is 0 Å². The second kappa shape index (κ2) is 4.77. The molecule has 100 valence electrons. The van der Waals surface area contributed by atoms with Gasteiger partial charge in [-0.2, -0.15) is 0 Å². The second-order valence-electron chi connectivity index (χ2n) is 4.66. The summed E-state index contributed by atoms with van der Waals surface area (Å²) in [6.45, 7) is 2.82. The fourth-order valence-corrected chi connectivity index (χ4v) is 3.15. The van der Waals surface area contributed by atoms with E-state index in [2.05, 4.69) is 9.97 Å². The molecule has 2 rings (SSSR count). The zero-order chi connectivity index (χ0) is 13.3. The van der Waals surface area contributed by atoms with E-state index in [0.717, 1.165) is 12.4 Å². The van der Waals surface area contributed by atoms with Gasteiger partial charge in [0.05, 0.1) is 17.6 Å². The fraction of sp³-hybridized carbons (Fsp3) is 0.600. The molecule has 0 saturated carbocycles. The first-order valence-electron chi connectivity index (χ1n) is 5.60. The number of piperidine rings is 1. The molecule has 0 bridgehead atoms. The van der Waals surface area contributed by atoms with E-state index in [4.69, 9.17) is 5.14 Å². The molecule has 2 atom stereocenters. The molecule has 1 saturated heterocycles. The molecule has 1 aromatic heterocycles. The summed E-state index contributed by atoms with van der Waals surface area (Å²) in [4.78, 5) is 9.44. The minimum Gasteiger partial charge on any atom is -0.339 e. The normalized spacial score (nSPS) is 25.2. The molecule has 1 fully saturated rings. The fourth-order valence-electron chi connectivity index (χ4n) is 2.16. The summed E-state index contributed by atoms with van der Waals surface area (Å²) in [5.74, 6) is -0.0286. The summed E-state index contributed by atoms with van der Waals surface area (Å²) < 4.78 is 35.6. The van der Waals surface area contributed by atoms with Crippen molar-refractivity contribution in [3.63, 3.8) is 0 Å². The average Bonchev–Trinajstić information content (AvgIpc) is 2.28. The third-order valence-corrected chi connectivity index (χ3v) is 4.25. The molecule has 2 heterocycles. The van der Waals surface area contributed by atoms with Crippen LogP contribution in [0.3, 0.4) is 0 Å². The molecule has 0 amide bonds. The van der Waals surface area contributed by atoms with E-state index in [1.165, 1.54) is 0 Å². The van der Waals surface area contributed by atoms with Gasteiger partial charge in [0, 0.05) is 13.1 Å². The van der Waals surface area contributed by atoms with Crippen LogP contribution in [0.5, 0.6) is 0 Å². The van der Waals surface area contributed by atoms with Crippen molar-refractivity contribution in [2.45, 2.75) is 18.6 Å². The van der Waals surface area contributed by atoms with E-state index >= 15 is 0 Å². The Hall–Kier alpha value is -1.28.